The molecule has 0 saturated carbocycles. The van der Waals surface area contributed by atoms with E-state index < -0.39 is 39.6 Å². The Morgan fingerprint density at radius 3 is 2.16 bits per heavy atom. The van der Waals surface area contributed by atoms with Crippen LogP contribution >= 0.6 is 0 Å². The summed E-state index contributed by atoms with van der Waals surface area (Å²) in [6.07, 6.45) is 0.910. The number of hydrogen-bond donors (Lipinski definition) is 1. The third-order valence-electron chi connectivity index (χ3n) is 5.04. The number of sulfonamides is 1. The van der Waals surface area contributed by atoms with Crippen molar-refractivity contribution in [3.05, 3.63) is 101 Å². The fourth-order valence-corrected chi connectivity index (χ4v) is 4.71. The molecule has 1 N–H and O–H groups in total. The number of halogens is 2. The van der Waals surface area contributed by atoms with Gasteiger partial charge in [0.05, 0.1) is 18.0 Å². The molecule has 0 saturated heterocycles. The quantitative estimate of drug-likeness (QED) is 0.573. The normalized spacial score (nSPS) is 13.3. The molecule has 0 aliphatic heterocycles. The van der Waals surface area contributed by atoms with Crippen molar-refractivity contribution in [2.45, 2.75) is 25.9 Å². The number of nitrogens with zero attached hydrogens (tertiary/aromatic N) is 1. The van der Waals surface area contributed by atoms with Gasteiger partial charge in [0, 0.05) is 6.07 Å². The summed E-state index contributed by atoms with van der Waals surface area (Å²) in [6.45, 7) is 3.33. The fraction of sp³-hybridized carbons (Fsp3) is 0.208. The van der Waals surface area contributed by atoms with Gasteiger partial charge in [0.25, 0.3) is 0 Å². The van der Waals surface area contributed by atoms with Crippen LogP contribution in [0.5, 0.6) is 0 Å². The molecule has 0 unspecified atom stereocenters. The summed E-state index contributed by atoms with van der Waals surface area (Å²) in [6, 6.07) is 17.9. The van der Waals surface area contributed by atoms with Crippen molar-refractivity contribution in [2.75, 3.05) is 10.6 Å². The van der Waals surface area contributed by atoms with Gasteiger partial charge in [-0.1, -0.05) is 60.2 Å². The first-order chi connectivity index (χ1) is 15.1. The zero-order valence-corrected chi connectivity index (χ0v) is 18.7. The molecule has 168 valence electrons. The number of amides is 1. The third kappa shape index (κ3) is 5.31. The van der Waals surface area contributed by atoms with Gasteiger partial charge >= 0.3 is 0 Å². The third-order valence-corrected chi connectivity index (χ3v) is 6.28. The van der Waals surface area contributed by atoms with Gasteiger partial charge in [-0.05, 0) is 37.1 Å². The van der Waals surface area contributed by atoms with Gasteiger partial charge in [0.15, 0.2) is 11.6 Å². The Kier molecular flexibility index (Phi) is 6.93. The summed E-state index contributed by atoms with van der Waals surface area (Å²) >= 11 is 0. The number of hydrogen-bond acceptors (Lipinski definition) is 3. The lowest BCUT2D eigenvalue weighted by Crippen LogP contribution is -2.48. The number of carbonyl (C=O) groups is 1. The van der Waals surface area contributed by atoms with Crippen LogP contribution in [0.3, 0.4) is 0 Å². The molecule has 8 heteroatoms. The van der Waals surface area contributed by atoms with Gasteiger partial charge < -0.3 is 5.32 Å². The van der Waals surface area contributed by atoms with Crippen LogP contribution in [0.4, 0.5) is 14.5 Å². The number of carbonyl (C=O) groups excluding carboxylic acids is 1. The Hall–Kier alpha value is -3.26. The van der Waals surface area contributed by atoms with Gasteiger partial charge in [-0.25, -0.2) is 17.2 Å². The molecule has 5 nitrogen and oxygen atoms in total. The lowest BCUT2D eigenvalue weighted by Gasteiger charge is -2.30. The lowest BCUT2D eigenvalue weighted by molar-refractivity contribution is -0.122. The Morgan fingerprint density at radius 2 is 1.56 bits per heavy atom. The molecule has 3 aromatic carbocycles. The maximum atomic E-state index is 13.8. The highest BCUT2D eigenvalue weighted by atomic mass is 32.2. The highest BCUT2D eigenvalue weighted by Gasteiger charge is 2.31. The Morgan fingerprint density at radius 1 is 0.906 bits per heavy atom. The zero-order valence-electron chi connectivity index (χ0n) is 17.9. The minimum absolute atomic E-state index is 0.138. The number of aryl methyl sites for hydroxylation is 1. The van der Waals surface area contributed by atoms with Crippen LogP contribution in [0.1, 0.15) is 29.7 Å². The molecule has 0 aliphatic carbocycles. The summed E-state index contributed by atoms with van der Waals surface area (Å²) in [5.41, 5.74) is 2.51. The smallest absolute Gasteiger partial charge is 0.244 e. The molecule has 0 aromatic heterocycles. The average molecular weight is 459 g/mol. The van der Waals surface area contributed by atoms with E-state index in [1.54, 1.807) is 0 Å². The second-order valence-corrected chi connectivity index (χ2v) is 9.46. The summed E-state index contributed by atoms with van der Waals surface area (Å²) in [4.78, 5) is 13.2. The fourth-order valence-electron chi connectivity index (χ4n) is 3.55. The molecule has 0 radical (unpaired) electrons. The van der Waals surface area contributed by atoms with Crippen molar-refractivity contribution >= 4 is 21.6 Å². The molecule has 3 rings (SSSR count). The van der Waals surface area contributed by atoms with Crippen molar-refractivity contribution in [3.8, 4) is 0 Å². The van der Waals surface area contributed by atoms with Crippen LogP contribution in [0.25, 0.3) is 0 Å². The highest BCUT2D eigenvalue weighted by molar-refractivity contribution is 7.92. The molecule has 0 fully saturated rings. The first kappa shape index (κ1) is 23.4. The summed E-state index contributed by atoms with van der Waals surface area (Å²) in [5, 5.41) is 2.91. The molecular formula is C24H24F2N2O3S. The van der Waals surface area contributed by atoms with Crippen LogP contribution in [-0.4, -0.2) is 26.6 Å². The van der Waals surface area contributed by atoms with E-state index >= 15 is 0 Å². The number of anilines is 1. The van der Waals surface area contributed by atoms with Gasteiger partial charge in [-0.2, -0.15) is 0 Å². The minimum Gasteiger partial charge on any atom is -0.343 e. The second kappa shape index (κ2) is 9.48. The molecule has 0 spiro atoms. The summed E-state index contributed by atoms with van der Waals surface area (Å²) < 4.78 is 52.9. The van der Waals surface area contributed by atoms with Crippen LogP contribution < -0.4 is 9.62 Å². The van der Waals surface area contributed by atoms with Crippen molar-refractivity contribution in [2.24, 2.45) is 0 Å². The van der Waals surface area contributed by atoms with E-state index in [1.807, 2.05) is 61.5 Å². The topological polar surface area (TPSA) is 66.5 Å². The Bertz CT molecular complexity index is 1220. The molecule has 1 amide bonds. The van der Waals surface area contributed by atoms with Gasteiger partial charge in [0.2, 0.25) is 15.9 Å². The van der Waals surface area contributed by atoms with Crippen molar-refractivity contribution in [1.82, 2.24) is 5.32 Å². The van der Waals surface area contributed by atoms with Crippen molar-refractivity contribution in [1.29, 1.82) is 0 Å². The maximum absolute atomic E-state index is 13.8. The molecule has 0 heterocycles. The maximum Gasteiger partial charge on any atom is 0.244 e. The standard InChI is InChI=1S/C24H24F2N2O3S/c1-16-8-7-11-19(14-16)23(18-9-5-4-6-10-18)27-24(29)17(2)28(32(3,30)31)20-12-13-21(25)22(26)15-20/h4-15,17,23H,1-3H3,(H,27,29)/t17-,23+/m0/s1. The molecule has 32 heavy (non-hydrogen) atoms. The van der Waals surface area contributed by atoms with E-state index in [9.17, 15) is 22.0 Å². The van der Waals surface area contributed by atoms with Crippen molar-refractivity contribution in [3.63, 3.8) is 0 Å². The van der Waals surface area contributed by atoms with Gasteiger partial charge in [-0.3, -0.25) is 9.10 Å². The van der Waals surface area contributed by atoms with E-state index in [4.69, 9.17) is 0 Å². The van der Waals surface area contributed by atoms with E-state index in [2.05, 4.69) is 5.32 Å². The van der Waals surface area contributed by atoms with Crippen LogP contribution in [0.15, 0.2) is 72.8 Å². The lowest BCUT2D eigenvalue weighted by atomic mass is 9.97. The number of benzene rings is 3. The molecule has 3 aromatic rings. The largest absolute Gasteiger partial charge is 0.343 e. The monoisotopic (exact) mass is 458 g/mol. The number of nitrogens with one attached hydrogen (secondary N) is 1. The van der Waals surface area contributed by atoms with Crippen LogP contribution in [-0.2, 0) is 14.8 Å². The molecule has 0 bridgehead atoms. The SMILES string of the molecule is Cc1cccc([C@H](NC(=O)[C@H](C)N(c2ccc(F)c(F)c2)S(C)(=O)=O)c2ccccc2)c1. The Labute approximate surface area is 186 Å². The zero-order chi connectivity index (χ0) is 23.5. The Balaban J connectivity index is 1.97. The predicted molar refractivity (Wildman–Crippen MR) is 121 cm³/mol. The van der Waals surface area contributed by atoms with E-state index in [-0.39, 0.29) is 5.69 Å². The highest BCUT2D eigenvalue weighted by Crippen LogP contribution is 2.26. The van der Waals surface area contributed by atoms with Gasteiger partial charge in [-0.15, -0.1) is 0 Å². The number of rotatable bonds is 7. The second-order valence-electron chi connectivity index (χ2n) is 7.60. The predicted octanol–water partition coefficient (Wildman–Crippen LogP) is 4.33. The molecule has 2 atom stereocenters. The average Bonchev–Trinajstić information content (AvgIpc) is 2.74. The first-order valence-corrected chi connectivity index (χ1v) is 11.8. The first-order valence-electron chi connectivity index (χ1n) is 9.94. The van der Waals surface area contributed by atoms with E-state index in [0.29, 0.717) is 0 Å². The van der Waals surface area contributed by atoms with Crippen LogP contribution in [0, 0.1) is 18.6 Å². The molecular weight excluding hydrogens is 434 g/mol. The van der Waals surface area contributed by atoms with E-state index in [1.165, 1.54) is 6.92 Å². The van der Waals surface area contributed by atoms with Crippen LogP contribution in [0.2, 0.25) is 0 Å². The minimum atomic E-state index is -3.98. The van der Waals surface area contributed by atoms with Gasteiger partial charge in [0.1, 0.15) is 6.04 Å². The summed E-state index contributed by atoms with van der Waals surface area (Å²) in [7, 11) is -3.98. The van der Waals surface area contributed by atoms with E-state index in [0.717, 1.165) is 45.5 Å². The molecule has 0 aliphatic rings. The summed E-state index contributed by atoms with van der Waals surface area (Å²) in [5.74, 6) is -2.90. The van der Waals surface area contributed by atoms with Crippen molar-refractivity contribution < 1.29 is 22.0 Å².